The molecule has 0 spiro atoms. The number of halogens is 3. The van der Waals surface area contributed by atoms with Crippen molar-refractivity contribution >= 4 is 11.6 Å². The van der Waals surface area contributed by atoms with Gasteiger partial charge in [-0.3, -0.25) is 4.79 Å². The van der Waals surface area contributed by atoms with Gasteiger partial charge in [-0.15, -0.1) is 0 Å². The lowest BCUT2D eigenvalue weighted by molar-refractivity contribution is -0.140. The van der Waals surface area contributed by atoms with E-state index in [1.54, 1.807) is 0 Å². The number of nitrogens with two attached hydrogens (primary N) is 1. The highest BCUT2D eigenvalue weighted by molar-refractivity contribution is 5.94. The van der Waals surface area contributed by atoms with Gasteiger partial charge in [0, 0.05) is 17.8 Å². The summed E-state index contributed by atoms with van der Waals surface area (Å²) in [5.41, 5.74) is 6.09. The number of hydrogen-bond donors (Lipinski definition) is 1. The van der Waals surface area contributed by atoms with E-state index in [0.717, 1.165) is 4.90 Å². The van der Waals surface area contributed by atoms with E-state index >= 15 is 0 Å². The molecule has 6 heteroatoms. The summed E-state index contributed by atoms with van der Waals surface area (Å²) in [6.07, 6.45) is -4.39. The Kier molecular flexibility index (Phi) is 3.98. The smallest absolute Gasteiger partial charge is 0.399 e. The summed E-state index contributed by atoms with van der Waals surface area (Å²) in [6, 6.07) is 5.79. The number of hydrogen-bond acceptors (Lipinski definition) is 2. The number of carbonyl (C=O) groups is 1. The molecule has 1 rings (SSSR count). The Bertz CT molecular complexity index is 387. The molecular weight excluding hydrogens is 233 g/mol. The number of rotatable bonds is 3. The van der Waals surface area contributed by atoms with E-state index in [4.69, 9.17) is 5.73 Å². The van der Waals surface area contributed by atoms with Crippen molar-refractivity contribution in [1.29, 1.82) is 0 Å². The van der Waals surface area contributed by atoms with Crippen LogP contribution in [-0.2, 0) is 0 Å². The standard InChI is InChI=1S/C11H13F3N2O/c1-2-16(7-11(12,13)14)10(17)8-3-5-9(15)6-4-8/h3-6H,2,7,15H2,1H3. The summed E-state index contributed by atoms with van der Waals surface area (Å²) in [4.78, 5) is 12.5. The third-order valence-corrected chi connectivity index (χ3v) is 2.20. The van der Waals surface area contributed by atoms with Crippen LogP contribution in [0.3, 0.4) is 0 Å². The maximum Gasteiger partial charge on any atom is 0.406 e. The molecule has 3 nitrogen and oxygen atoms in total. The second kappa shape index (κ2) is 5.07. The molecule has 0 atom stereocenters. The third-order valence-electron chi connectivity index (χ3n) is 2.20. The topological polar surface area (TPSA) is 46.3 Å². The Morgan fingerprint density at radius 2 is 1.82 bits per heavy atom. The molecule has 0 radical (unpaired) electrons. The Morgan fingerprint density at radius 3 is 2.24 bits per heavy atom. The molecule has 1 amide bonds. The molecule has 94 valence electrons. The second-order valence-corrected chi connectivity index (χ2v) is 3.56. The fourth-order valence-corrected chi connectivity index (χ4v) is 1.35. The first kappa shape index (κ1) is 13.3. The van der Waals surface area contributed by atoms with Crippen LogP contribution in [0, 0.1) is 0 Å². The number of nitrogens with zero attached hydrogens (tertiary/aromatic N) is 1. The molecule has 0 heterocycles. The first-order valence-electron chi connectivity index (χ1n) is 5.05. The molecule has 0 aliphatic heterocycles. The highest BCUT2D eigenvalue weighted by Gasteiger charge is 2.32. The number of carbonyl (C=O) groups excluding carboxylic acids is 1. The zero-order valence-electron chi connectivity index (χ0n) is 9.29. The van der Waals surface area contributed by atoms with Gasteiger partial charge in [-0.25, -0.2) is 0 Å². The minimum atomic E-state index is -4.39. The summed E-state index contributed by atoms with van der Waals surface area (Å²) in [7, 11) is 0. The molecule has 1 aromatic rings. The molecule has 0 aliphatic carbocycles. The summed E-state index contributed by atoms with van der Waals surface area (Å²) >= 11 is 0. The fourth-order valence-electron chi connectivity index (χ4n) is 1.35. The molecule has 0 bridgehead atoms. The van der Waals surface area contributed by atoms with E-state index in [2.05, 4.69) is 0 Å². The quantitative estimate of drug-likeness (QED) is 0.832. The van der Waals surface area contributed by atoms with Crippen molar-refractivity contribution in [1.82, 2.24) is 4.90 Å². The SMILES string of the molecule is CCN(CC(F)(F)F)C(=O)c1ccc(N)cc1. The lowest BCUT2D eigenvalue weighted by atomic mass is 10.2. The zero-order chi connectivity index (χ0) is 13.1. The van der Waals surface area contributed by atoms with Crippen molar-refractivity contribution in [3.05, 3.63) is 29.8 Å². The Morgan fingerprint density at radius 1 is 1.29 bits per heavy atom. The number of nitrogen functional groups attached to an aromatic ring is 1. The lowest BCUT2D eigenvalue weighted by Gasteiger charge is -2.22. The predicted octanol–water partition coefficient (Wildman–Crippen LogP) is 2.29. The molecule has 0 aliphatic rings. The minimum absolute atomic E-state index is 0.00270. The highest BCUT2D eigenvalue weighted by Crippen LogP contribution is 2.18. The van der Waals surface area contributed by atoms with Crippen molar-refractivity contribution < 1.29 is 18.0 Å². The maximum absolute atomic E-state index is 12.2. The molecule has 0 unspecified atom stereocenters. The normalized spacial score (nSPS) is 11.3. The Labute approximate surface area is 97.0 Å². The van der Waals surface area contributed by atoms with Crippen LogP contribution in [0.15, 0.2) is 24.3 Å². The second-order valence-electron chi connectivity index (χ2n) is 3.56. The van der Waals surface area contributed by atoms with Crippen LogP contribution >= 0.6 is 0 Å². The van der Waals surface area contributed by atoms with Crippen molar-refractivity contribution in [2.75, 3.05) is 18.8 Å². The van der Waals surface area contributed by atoms with Gasteiger partial charge in [-0.05, 0) is 31.2 Å². The Balaban J connectivity index is 2.83. The van der Waals surface area contributed by atoms with Crippen LogP contribution in [0.4, 0.5) is 18.9 Å². The first-order valence-corrected chi connectivity index (χ1v) is 5.05. The van der Waals surface area contributed by atoms with Crippen LogP contribution in [0.2, 0.25) is 0 Å². The molecule has 0 fully saturated rings. The average Bonchev–Trinajstić information content (AvgIpc) is 2.25. The van der Waals surface area contributed by atoms with Gasteiger partial charge in [0.15, 0.2) is 0 Å². The largest absolute Gasteiger partial charge is 0.406 e. The molecule has 0 saturated carbocycles. The van der Waals surface area contributed by atoms with Gasteiger partial charge in [-0.1, -0.05) is 0 Å². The third kappa shape index (κ3) is 3.97. The van der Waals surface area contributed by atoms with Crippen LogP contribution in [0.25, 0.3) is 0 Å². The predicted molar refractivity (Wildman–Crippen MR) is 58.5 cm³/mol. The van der Waals surface area contributed by atoms with Crippen LogP contribution in [-0.4, -0.2) is 30.1 Å². The summed E-state index contributed by atoms with van der Waals surface area (Å²) in [6.45, 7) is 0.260. The van der Waals surface area contributed by atoms with Gasteiger partial charge in [-0.2, -0.15) is 13.2 Å². The number of benzene rings is 1. The van der Waals surface area contributed by atoms with Crippen LogP contribution in [0.1, 0.15) is 17.3 Å². The van der Waals surface area contributed by atoms with E-state index in [0.29, 0.717) is 5.69 Å². The Hall–Kier alpha value is -1.72. The lowest BCUT2D eigenvalue weighted by Crippen LogP contribution is -2.38. The summed E-state index contributed by atoms with van der Waals surface area (Å²) in [5, 5.41) is 0. The van der Waals surface area contributed by atoms with Crippen LogP contribution < -0.4 is 5.73 Å². The van der Waals surface area contributed by atoms with Crippen LogP contribution in [0.5, 0.6) is 0 Å². The van der Waals surface area contributed by atoms with E-state index in [1.165, 1.54) is 31.2 Å². The zero-order valence-corrected chi connectivity index (χ0v) is 9.29. The highest BCUT2D eigenvalue weighted by atomic mass is 19.4. The van der Waals surface area contributed by atoms with E-state index in [1.807, 2.05) is 0 Å². The first-order chi connectivity index (χ1) is 7.83. The minimum Gasteiger partial charge on any atom is -0.399 e. The molecule has 0 saturated heterocycles. The fraction of sp³-hybridized carbons (Fsp3) is 0.364. The van der Waals surface area contributed by atoms with Gasteiger partial charge in [0.2, 0.25) is 0 Å². The molecule has 2 N–H and O–H groups in total. The summed E-state index contributed by atoms with van der Waals surface area (Å²) < 4.78 is 36.7. The van der Waals surface area contributed by atoms with Gasteiger partial charge < -0.3 is 10.6 Å². The maximum atomic E-state index is 12.2. The molecular formula is C11H13F3N2O. The number of anilines is 1. The average molecular weight is 246 g/mol. The van der Waals surface area contributed by atoms with Crippen molar-refractivity contribution in [2.45, 2.75) is 13.1 Å². The van der Waals surface area contributed by atoms with E-state index in [-0.39, 0.29) is 12.1 Å². The molecule has 17 heavy (non-hydrogen) atoms. The van der Waals surface area contributed by atoms with E-state index < -0.39 is 18.6 Å². The van der Waals surface area contributed by atoms with Gasteiger partial charge >= 0.3 is 6.18 Å². The summed E-state index contributed by atoms with van der Waals surface area (Å²) in [5.74, 6) is -0.648. The number of alkyl halides is 3. The monoisotopic (exact) mass is 246 g/mol. The van der Waals surface area contributed by atoms with E-state index in [9.17, 15) is 18.0 Å². The molecule has 0 aromatic heterocycles. The van der Waals surface area contributed by atoms with Gasteiger partial charge in [0.1, 0.15) is 6.54 Å². The van der Waals surface area contributed by atoms with Crippen molar-refractivity contribution in [3.63, 3.8) is 0 Å². The van der Waals surface area contributed by atoms with Crippen molar-refractivity contribution in [3.8, 4) is 0 Å². The number of amides is 1. The van der Waals surface area contributed by atoms with Crippen molar-refractivity contribution in [2.24, 2.45) is 0 Å². The van der Waals surface area contributed by atoms with Gasteiger partial charge in [0.05, 0.1) is 0 Å². The van der Waals surface area contributed by atoms with Gasteiger partial charge in [0.25, 0.3) is 5.91 Å². The molecule has 1 aromatic carbocycles.